The minimum absolute atomic E-state index is 0.0715. The van der Waals surface area contributed by atoms with Crippen molar-refractivity contribution >= 4 is 11.5 Å². The minimum atomic E-state index is 0.0715. The van der Waals surface area contributed by atoms with E-state index >= 15 is 0 Å². The smallest absolute Gasteiger partial charge is 0.166 e. The third-order valence-electron chi connectivity index (χ3n) is 5.60. The first-order valence-corrected chi connectivity index (χ1v) is 8.59. The van der Waals surface area contributed by atoms with Gasteiger partial charge in [-0.3, -0.25) is 4.79 Å². The molecule has 2 heterocycles. The second-order valence-electron chi connectivity index (χ2n) is 6.69. The van der Waals surface area contributed by atoms with Gasteiger partial charge in [0, 0.05) is 24.6 Å². The molecule has 2 aliphatic heterocycles. The fourth-order valence-electron chi connectivity index (χ4n) is 4.62. The number of allylic oxidation sites excluding steroid dienone is 2. The van der Waals surface area contributed by atoms with Gasteiger partial charge in [-0.15, -0.1) is 0 Å². The second-order valence-corrected chi connectivity index (χ2v) is 6.69. The zero-order valence-corrected chi connectivity index (χ0v) is 13.5. The van der Waals surface area contributed by atoms with Gasteiger partial charge in [0.25, 0.3) is 0 Å². The summed E-state index contributed by atoms with van der Waals surface area (Å²) in [6, 6.07) is 8.76. The number of ketones is 1. The van der Waals surface area contributed by atoms with Crippen LogP contribution in [-0.2, 0) is 11.2 Å². The molecule has 1 aromatic carbocycles. The minimum Gasteiger partial charge on any atom is -0.411 e. The molecule has 0 aromatic heterocycles. The molecule has 0 saturated heterocycles. The van der Waals surface area contributed by atoms with Crippen LogP contribution in [-0.4, -0.2) is 28.1 Å². The monoisotopic (exact) mass is 310 g/mol. The van der Waals surface area contributed by atoms with Crippen LogP contribution in [0.1, 0.15) is 49.8 Å². The fraction of sp³-hybridized carbons (Fsp3) is 0.474. The lowest BCUT2D eigenvalue weighted by atomic mass is 9.72. The van der Waals surface area contributed by atoms with Crippen molar-refractivity contribution in [2.75, 3.05) is 6.54 Å². The number of nitrogens with zero attached hydrogens (tertiary/aromatic N) is 2. The number of fused-ring (bicyclic) bond motifs is 4. The summed E-state index contributed by atoms with van der Waals surface area (Å²) in [5.74, 6) is 0.219. The Balaban J connectivity index is 1.93. The highest BCUT2D eigenvalue weighted by Gasteiger charge is 2.45. The number of Topliss-reactive ketones (excluding diaryl/α,β-unsaturated/α-hetero) is 1. The van der Waals surface area contributed by atoms with E-state index in [2.05, 4.69) is 41.2 Å². The zero-order chi connectivity index (χ0) is 16.0. The molecule has 4 nitrogen and oxygen atoms in total. The molecule has 3 aliphatic rings. The van der Waals surface area contributed by atoms with Crippen LogP contribution in [0.15, 0.2) is 40.7 Å². The Hall–Kier alpha value is -2.10. The molecule has 4 rings (SSSR count). The number of carbonyl (C=O) groups excluding carboxylic acids is 1. The van der Waals surface area contributed by atoms with Crippen molar-refractivity contribution in [1.29, 1.82) is 0 Å². The largest absolute Gasteiger partial charge is 0.411 e. The Kier molecular flexibility index (Phi) is 3.47. The summed E-state index contributed by atoms with van der Waals surface area (Å²) in [4.78, 5) is 14.9. The summed E-state index contributed by atoms with van der Waals surface area (Å²) in [5, 5.41) is 13.3. The van der Waals surface area contributed by atoms with E-state index in [-0.39, 0.29) is 17.7 Å². The molecule has 120 valence electrons. The Bertz CT molecular complexity index is 720. The molecule has 1 aliphatic carbocycles. The molecular weight excluding hydrogens is 288 g/mol. The van der Waals surface area contributed by atoms with Crippen LogP contribution >= 0.6 is 0 Å². The van der Waals surface area contributed by atoms with Gasteiger partial charge in [-0.25, -0.2) is 0 Å². The van der Waals surface area contributed by atoms with E-state index in [0.29, 0.717) is 17.7 Å². The molecule has 0 spiro atoms. The predicted octanol–water partition coefficient (Wildman–Crippen LogP) is 3.46. The van der Waals surface area contributed by atoms with Crippen molar-refractivity contribution < 1.29 is 10.0 Å². The van der Waals surface area contributed by atoms with Crippen molar-refractivity contribution in [2.24, 2.45) is 11.1 Å². The van der Waals surface area contributed by atoms with E-state index in [1.54, 1.807) is 0 Å². The average molecular weight is 310 g/mol. The van der Waals surface area contributed by atoms with E-state index in [9.17, 15) is 10.0 Å². The van der Waals surface area contributed by atoms with Gasteiger partial charge < -0.3 is 10.1 Å². The summed E-state index contributed by atoms with van der Waals surface area (Å²) in [5.41, 5.74) is 5.15. The number of hydrogen-bond donors (Lipinski definition) is 1. The Morgan fingerprint density at radius 1 is 1.26 bits per heavy atom. The Morgan fingerprint density at radius 3 is 2.87 bits per heavy atom. The van der Waals surface area contributed by atoms with E-state index in [1.807, 2.05) is 0 Å². The molecule has 4 heteroatoms. The molecule has 2 unspecified atom stereocenters. The number of rotatable bonds is 1. The first-order chi connectivity index (χ1) is 11.3. The highest BCUT2D eigenvalue weighted by molar-refractivity contribution is 6.24. The highest BCUT2D eigenvalue weighted by atomic mass is 16.4. The van der Waals surface area contributed by atoms with Gasteiger partial charge in [-0.2, -0.15) is 0 Å². The summed E-state index contributed by atoms with van der Waals surface area (Å²) in [6.07, 6.45) is 4.26. The Labute approximate surface area is 136 Å². The third kappa shape index (κ3) is 2.04. The van der Waals surface area contributed by atoms with Crippen LogP contribution in [0, 0.1) is 5.92 Å². The fourth-order valence-corrected chi connectivity index (χ4v) is 4.62. The molecule has 2 atom stereocenters. The second kappa shape index (κ2) is 5.52. The number of carbonyl (C=O) groups is 1. The average Bonchev–Trinajstić information content (AvgIpc) is 2.60. The van der Waals surface area contributed by atoms with Crippen LogP contribution in [0.5, 0.6) is 0 Å². The number of oxime groups is 1. The molecule has 0 fully saturated rings. The summed E-state index contributed by atoms with van der Waals surface area (Å²) < 4.78 is 0. The maximum absolute atomic E-state index is 12.5. The Morgan fingerprint density at radius 2 is 2.09 bits per heavy atom. The van der Waals surface area contributed by atoms with Gasteiger partial charge in [0.1, 0.15) is 0 Å². The zero-order valence-electron chi connectivity index (χ0n) is 13.5. The first kappa shape index (κ1) is 14.5. The lowest BCUT2D eigenvalue weighted by molar-refractivity contribution is -0.116. The van der Waals surface area contributed by atoms with Gasteiger partial charge in [-0.05, 0) is 36.8 Å². The molecule has 1 aromatic rings. The quantitative estimate of drug-likeness (QED) is 0.638. The van der Waals surface area contributed by atoms with Crippen molar-refractivity contribution in [3.8, 4) is 0 Å². The lowest BCUT2D eigenvalue weighted by Gasteiger charge is -2.49. The van der Waals surface area contributed by atoms with Crippen LogP contribution in [0.4, 0.5) is 0 Å². The van der Waals surface area contributed by atoms with Crippen molar-refractivity contribution in [3.63, 3.8) is 0 Å². The molecule has 0 amide bonds. The number of benzene rings is 1. The van der Waals surface area contributed by atoms with E-state index < -0.39 is 0 Å². The summed E-state index contributed by atoms with van der Waals surface area (Å²) >= 11 is 0. The van der Waals surface area contributed by atoms with Crippen molar-refractivity contribution in [2.45, 2.75) is 45.1 Å². The molecule has 0 bridgehead atoms. The van der Waals surface area contributed by atoms with E-state index in [4.69, 9.17) is 0 Å². The highest BCUT2D eigenvalue weighted by Crippen LogP contribution is 2.47. The maximum Gasteiger partial charge on any atom is 0.166 e. The molecular formula is C19H22N2O2. The first-order valence-electron chi connectivity index (χ1n) is 8.59. The van der Waals surface area contributed by atoms with Crippen LogP contribution < -0.4 is 0 Å². The van der Waals surface area contributed by atoms with Gasteiger partial charge in [0.15, 0.2) is 5.78 Å². The van der Waals surface area contributed by atoms with E-state index in [1.165, 1.54) is 11.1 Å². The van der Waals surface area contributed by atoms with Gasteiger partial charge >= 0.3 is 0 Å². The lowest BCUT2D eigenvalue weighted by Crippen LogP contribution is -2.48. The normalized spacial score (nSPS) is 28.5. The van der Waals surface area contributed by atoms with Gasteiger partial charge in [-0.1, -0.05) is 36.3 Å². The summed E-state index contributed by atoms with van der Waals surface area (Å²) in [6.45, 7) is 3.06. The standard InChI is InChI=1S/C19H22N2O2/c1-2-13-18(20-23)17-15(8-5-9-16(17)22)21-11-10-12-6-3-4-7-14(12)19(13)21/h3-4,6-7,13,19,23H,2,5,8-11H2,1H3/b20-18+. The molecule has 1 N–H and O–H groups in total. The summed E-state index contributed by atoms with van der Waals surface area (Å²) in [7, 11) is 0. The van der Waals surface area contributed by atoms with Gasteiger partial charge in [0.05, 0.1) is 17.3 Å². The van der Waals surface area contributed by atoms with Crippen LogP contribution in [0.2, 0.25) is 0 Å². The van der Waals surface area contributed by atoms with Crippen molar-refractivity contribution in [1.82, 2.24) is 4.90 Å². The van der Waals surface area contributed by atoms with Crippen LogP contribution in [0.25, 0.3) is 0 Å². The van der Waals surface area contributed by atoms with E-state index in [0.717, 1.165) is 37.9 Å². The van der Waals surface area contributed by atoms with Gasteiger partial charge in [0.2, 0.25) is 0 Å². The molecule has 0 saturated carbocycles. The molecule has 23 heavy (non-hydrogen) atoms. The molecule has 0 radical (unpaired) electrons. The predicted molar refractivity (Wildman–Crippen MR) is 88.5 cm³/mol. The van der Waals surface area contributed by atoms with Crippen molar-refractivity contribution in [3.05, 3.63) is 46.7 Å². The van der Waals surface area contributed by atoms with Crippen LogP contribution in [0.3, 0.4) is 0 Å². The third-order valence-corrected chi connectivity index (χ3v) is 5.60. The number of hydrogen-bond acceptors (Lipinski definition) is 4. The topological polar surface area (TPSA) is 52.9 Å². The SMILES string of the molecule is CCC1/C(=N\O)C2=C(CCCC2=O)N2CCc3ccccc3C12. The maximum atomic E-state index is 12.5.